The zero-order chi connectivity index (χ0) is 39.4. The number of para-hydroxylation sites is 2. The van der Waals surface area contributed by atoms with E-state index >= 15 is 0 Å². The summed E-state index contributed by atoms with van der Waals surface area (Å²) in [5.41, 5.74) is -1.61. The van der Waals surface area contributed by atoms with Gasteiger partial charge in [0, 0.05) is 25.6 Å². The number of anilines is 1. The van der Waals surface area contributed by atoms with Crippen LogP contribution in [-0.4, -0.2) is 65.6 Å². The molecule has 288 valence electrons. The number of hydrogen-bond donors (Lipinski definition) is 2. The molecule has 0 aromatic heterocycles. The van der Waals surface area contributed by atoms with Crippen LogP contribution in [-0.2, 0) is 30.1 Å². The van der Waals surface area contributed by atoms with Crippen LogP contribution >= 0.6 is 0 Å². The van der Waals surface area contributed by atoms with Gasteiger partial charge in [-0.15, -0.1) is 0 Å². The van der Waals surface area contributed by atoms with Crippen molar-refractivity contribution >= 4 is 17.5 Å². The average Bonchev–Trinajstić information content (AvgIpc) is 3.10. The number of carbonyl (C=O) groups is 2. The van der Waals surface area contributed by atoms with Gasteiger partial charge in [-0.25, -0.2) is 0 Å². The third-order valence-corrected chi connectivity index (χ3v) is 9.24. The summed E-state index contributed by atoms with van der Waals surface area (Å²) < 4.78 is 94.1. The number of nitrogens with zero attached hydrogens (tertiary/aromatic N) is 2. The van der Waals surface area contributed by atoms with Crippen LogP contribution in [0, 0.1) is 12.8 Å². The van der Waals surface area contributed by atoms with E-state index < -0.39 is 59.4 Å². The maximum atomic E-state index is 13.9. The van der Waals surface area contributed by atoms with E-state index in [1.807, 2.05) is 74.3 Å². The van der Waals surface area contributed by atoms with Crippen LogP contribution in [0.25, 0.3) is 0 Å². The highest BCUT2D eigenvalue weighted by Gasteiger charge is 2.38. The molecule has 0 bridgehead atoms. The van der Waals surface area contributed by atoms with Gasteiger partial charge in [-0.05, 0) is 86.1 Å². The Morgan fingerprint density at radius 3 is 2.35 bits per heavy atom. The van der Waals surface area contributed by atoms with Crippen LogP contribution < -0.4 is 14.8 Å². The van der Waals surface area contributed by atoms with E-state index in [2.05, 4.69) is 5.32 Å². The number of amides is 2. The molecule has 5 rings (SSSR count). The molecule has 3 atom stereocenters. The first-order chi connectivity index (χ1) is 25.4. The van der Waals surface area contributed by atoms with Crippen molar-refractivity contribution in [1.82, 2.24) is 9.80 Å². The van der Waals surface area contributed by atoms with Crippen LogP contribution in [0.5, 0.6) is 17.2 Å². The summed E-state index contributed by atoms with van der Waals surface area (Å²) in [6, 6.07) is 19.9. The monoisotopic (exact) mass is 757 g/mol. The van der Waals surface area contributed by atoms with Crippen LogP contribution in [0.4, 0.5) is 32.0 Å². The van der Waals surface area contributed by atoms with E-state index in [1.54, 1.807) is 6.92 Å². The van der Waals surface area contributed by atoms with Gasteiger partial charge in [-0.3, -0.25) is 14.5 Å². The molecule has 4 aromatic rings. The summed E-state index contributed by atoms with van der Waals surface area (Å²) in [5, 5.41) is 12.5. The zero-order valence-corrected chi connectivity index (χ0v) is 30.1. The highest BCUT2D eigenvalue weighted by Crippen LogP contribution is 2.38. The Labute approximate surface area is 309 Å². The van der Waals surface area contributed by atoms with Gasteiger partial charge in [0.05, 0.1) is 41.4 Å². The van der Waals surface area contributed by atoms with Crippen molar-refractivity contribution in [2.75, 3.05) is 32.1 Å². The number of aryl methyl sites for hydroxylation is 1. The first-order valence-corrected chi connectivity index (χ1v) is 17.2. The first-order valence-electron chi connectivity index (χ1n) is 17.2. The standard InChI is InChI=1S/C40H41F6N3O5/c1-24-8-5-6-11-34(24)53-30-15-12-27(13-16-30)21-48(4)22-35-25(2)20-49(26(3)23-50)38(52)31-9-7-10-33(37(31)54-35)47-36(51)19-28-18-29(39(41,42)43)14-17-32(28)40(44,45)46/h5-18,25-26,35,50H,19-23H2,1-4H3,(H,47,51)/t25-,26+,35-/m1/s1. The van der Waals surface area contributed by atoms with Gasteiger partial charge in [0.2, 0.25) is 5.91 Å². The van der Waals surface area contributed by atoms with E-state index in [0.29, 0.717) is 37.0 Å². The van der Waals surface area contributed by atoms with Crippen molar-refractivity contribution in [3.8, 4) is 17.2 Å². The van der Waals surface area contributed by atoms with Gasteiger partial charge in [0.15, 0.2) is 5.75 Å². The third-order valence-electron chi connectivity index (χ3n) is 9.24. The molecule has 8 nitrogen and oxygen atoms in total. The molecule has 0 unspecified atom stereocenters. The Hall–Kier alpha value is -5.08. The molecular formula is C40H41F6N3O5. The van der Waals surface area contributed by atoms with Crippen LogP contribution in [0.1, 0.15) is 52.0 Å². The minimum Gasteiger partial charge on any atom is -0.486 e. The fourth-order valence-electron chi connectivity index (χ4n) is 6.26. The Balaban J connectivity index is 1.39. The summed E-state index contributed by atoms with van der Waals surface area (Å²) in [4.78, 5) is 30.6. The highest BCUT2D eigenvalue weighted by molar-refractivity contribution is 6.02. The Bertz CT molecular complexity index is 1950. The van der Waals surface area contributed by atoms with E-state index in [9.17, 15) is 41.0 Å². The zero-order valence-electron chi connectivity index (χ0n) is 30.1. The van der Waals surface area contributed by atoms with Gasteiger partial charge in [-0.1, -0.05) is 43.3 Å². The largest absolute Gasteiger partial charge is 0.486 e. The number of ether oxygens (including phenoxy) is 2. The van der Waals surface area contributed by atoms with E-state index in [1.165, 1.54) is 23.1 Å². The number of carbonyl (C=O) groups excluding carboxylic acids is 2. The van der Waals surface area contributed by atoms with Crippen molar-refractivity contribution in [1.29, 1.82) is 0 Å². The number of fused-ring (bicyclic) bond motifs is 1. The van der Waals surface area contributed by atoms with Gasteiger partial charge >= 0.3 is 12.4 Å². The molecule has 14 heteroatoms. The summed E-state index contributed by atoms with van der Waals surface area (Å²) in [6.45, 7) is 6.22. The normalized spacial score (nSPS) is 17.0. The molecule has 0 aliphatic carbocycles. The molecule has 4 aromatic carbocycles. The van der Waals surface area contributed by atoms with E-state index in [4.69, 9.17) is 9.47 Å². The topological polar surface area (TPSA) is 91.3 Å². The van der Waals surface area contributed by atoms with Gasteiger partial charge in [0.25, 0.3) is 5.91 Å². The second kappa shape index (κ2) is 16.5. The number of likely N-dealkylation sites (N-methyl/N-ethyl adjacent to an activating group) is 1. The predicted octanol–water partition coefficient (Wildman–Crippen LogP) is 8.36. The van der Waals surface area contributed by atoms with Crippen molar-refractivity contribution in [3.05, 3.63) is 118 Å². The summed E-state index contributed by atoms with van der Waals surface area (Å²) in [6.07, 6.45) is -11.6. The van der Waals surface area contributed by atoms with Crippen molar-refractivity contribution in [2.24, 2.45) is 5.92 Å². The third kappa shape index (κ3) is 9.71. The van der Waals surface area contributed by atoms with Gasteiger partial charge < -0.3 is 24.8 Å². The molecule has 2 N–H and O–H groups in total. The fraction of sp³-hybridized carbons (Fsp3) is 0.350. The molecule has 1 heterocycles. The average molecular weight is 758 g/mol. The number of rotatable bonds is 11. The molecule has 0 radical (unpaired) electrons. The fourth-order valence-corrected chi connectivity index (χ4v) is 6.26. The Morgan fingerprint density at radius 1 is 1.00 bits per heavy atom. The van der Waals surface area contributed by atoms with E-state index in [-0.39, 0.29) is 36.1 Å². The van der Waals surface area contributed by atoms with Crippen molar-refractivity contribution in [2.45, 2.75) is 58.2 Å². The summed E-state index contributed by atoms with van der Waals surface area (Å²) in [5.74, 6) is -0.502. The molecule has 0 spiro atoms. The number of benzene rings is 4. The number of alkyl halides is 6. The lowest BCUT2D eigenvalue weighted by molar-refractivity contribution is -0.142. The lowest BCUT2D eigenvalue weighted by Crippen LogP contribution is -2.49. The molecule has 0 fully saturated rings. The molecule has 0 saturated carbocycles. The first kappa shape index (κ1) is 40.1. The SMILES string of the molecule is Cc1ccccc1Oc1ccc(CN(C)C[C@H]2Oc3c(NC(=O)Cc4cc(C(F)(F)F)ccc4C(F)(F)F)cccc3C(=O)N([C@@H](C)CO)C[C@H]2C)cc1. The minimum atomic E-state index is -5.02. The van der Waals surface area contributed by atoms with Gasteiger partial charge in [0.1, 0.15) is 17.6 Å². The maximum Gasteiger partial charge on any atom is 0.416 e. The molecule has 1 aliphatic rings. The number of aliphatic hydroxyl groups is 1. The quantitative estimate of drug-likeness (QED) is 0.150. The lowest BCUT2D eigenvalue weighted by Gasteiger charge is -2.38. The summed E-state index contributed by atoms with van der Waals surface area (Å²) >= 11 is 0. The Kier molecular flexibility index (Phi) is 12.3. The molecule has 2 amide bonds. The number of halogens is 6. The number of hydrogen-bond acceptors (Lipinski definition) is 6. The second-order valence-corrected chi connectivity index (χ2v) is 13.6. The molecule has 1 aliphatic heterocycles. The number of nitrogens with one attached hydrogen (secondary N) is 1. The molecular weight excluding hydrogens is 716 g/mol. The second-order valence-electron chi connectivity index (χ2n) is 13.6. The minimum absolute atomic E-state index is 0.0342. The highest BCUT2D eigenvalue weighted by atomic mass is 19.4. The Morgan fingerprint density at radius 2 is 1.70 bits per heavy atom. The van der Waals surface area contributed by atoms with Gasteiger partial charge in [-0.2, -0.15) is 26.3 Å². The van der Waals surface area contributed by atoms with Crippen LogP contribution in [0.2, 0.25) is 0 Å². The lowest BCUT2D eigenvalue weighted by atomic mass is 9.98. The maximum absolute atomic E-state index is 13.9. The molecule has 54 heavy (non-hydrogen) atoms. The van der Waals surface area contributed by atoms with E-state index in [0.717, 1.165) is 16.9 Å². The van der Waals surface area contributed by atoms with Crippen molar-refractivity contribution < 1.29 is 50.5 Å². The van der Waals surface area contributed by atoms with Crippen molar-refractivity contribution in [3.63, 3.8) is 0 Å². The van der Waals surface area contributed by atoms with Crippen LogP contribution in [0.3, 0.4) is 0 Å². The molecule has 0 saturated heterocycles. The van der Waals surface area contributed by atoms with Crippen LogP contribution in [0.15, 0.2) is 84.9 Å². The predicted molar refractivity (Wildman–Crippen MR) is 190 cm³/mol. The number of aliphatic hydroxyl groups excluding tert-OH is 1. The smallest absolute Gasteiger partial charge is 0.416 e. The summed E-state index contributed by atoms with van der Waals surface area (Å²) in [7, 11) is 1.88.